The van der Waals surface area contributed by atoms with Gasteiger partial charge in [-0.25, -0.2) is 14.4 Å². The number of esters is 1. The number of nitrogens with one attached hydrogen (secondary N) is 1. The van der Waals surface area contributed by atoms with E-state index < -0.39 is 53.0 Å². The number of nitrogens with zero attached hydrogens (tertiary/aromatic N) is 2. The quantitative estimate of drug-likeness (QED) is 0.0867. The van der Waals surface area contributed by atoms with Crippen LogP contribution >= 0.6 is 11.6 Å². The first-order chi connectivity index (χ1) is 24.6. The van der Waals surface area contributed by atoms with Gasteiger partial charge in [-0.05, 0) is 131 Å². The van der Waals surface area contributed by atoms with Crippen molar-refractivity contribution >= 4 is 36.9 Å². The largest absolute Gasteiger partial charge is 0.514 e. The van der Waals surface area contributed by atoms with Gasteiger partial charge in [0.05, 0.1) is 23.6 Å². The molecule has 0 spiro atoms. The molecule has 0 radical (unpaired) electrons. The number of rotatable bonds is 9. The van der Waals surface area contributed by atoms with Gasteiger partial charge < -0.3 is 33.6 Å². The van der Waals surface area contributed by atoms with Crippen molar-refractivity contribution in [3.63, 3.8) is 0 Å². The Kier molecular flexibility index (Phi) is 12.9. The van der Waals surface area contributed by atoms with Crippen LogP contribution in [0, 0.1) is 17.3 Å². The van der Waals surface area contributed by atoms with Crippen LogP contribution in [0.5, 0.6) is 5.75 Å². The van der Waals surface area contributed by atoms with Gasteiger partial charge in [-0.15, -0.1) is 11.6 Å². The predicted molar refractivity (Wildman–Crippen MR) is 208 cm³/mol. The van der Waals surface area contributed by atoms with Crippen LogP contribution in [0.2, 0.25) is 0 Å². The van der Waals surface area contributed by atoms with Crippen molar-refractivity contribution in [1.82, 2.24) is 15.1 Å². The average Bonchev–Trinajstić information content (AvgIpc) is 3.45. The second-order valence-corrected chi connectivity index (χ2v) is 19.4. The minimum Gasteiger partial charge on any atom is -0.456 e. The van der Waals surface area contributed by atoms with Crippen LogP contribution in [0.3, 0.4) is 0 Å². The number of halogens is 1. The molecule has 2 saturated heterocycles. The highest BCUT2D eigenvalue weighted by molar-refractivity contribution is 6.59. The van der Waals surface area contributed by atoms with Crippen LogP contribution in [0.15, 0.2) is 24.5 Å². The Balaban J connectivity index is 1.72. The van der Waals surface area contributed by atoms with Gasteiger partial charge in [0.15, 0.2) is 5.75 Å². The van der Waals surface area contributed by atoms with Crippen LogP contribution in [0.25, 0.3) is 0 Å². The molecule has 2 aliphatic heterocycles. The zero-order chi connectivity index (χ0) is 40.6. The van der Waals surface area contributed by atoms with E-state index in [-0.39, 0.29) is 42.3 Å². The van der Waals surface area contributed by atoms with Crippen LogP contribution in [-0.4, -0.2) is 68.9 Å². The van der Waals surface area contributed by atoms with Gasteiger partial charge in [0, 0.05) is 24.4 Å². The lowest BCUT2D eigenvalue weighted by Gasteiger charge is -2.58. The summed E-state index contributed by atoms with van der Waals surface area (Å²) in [5.74, 6) is 0.0992. The molecule has 1 aromatic heterocycles. The number of aromatic nitrogens is 2. The molecule has 1 amide bonds. The topological polar surface area (TPSA) is 136 Å². The maximum absolute atomic E-state index is 14.1. The number of alkyl carbamates (subject to hydrolysis) is 1. The Hall–Kier alpha value is -3.29. The van der Waals surface area contributed by atoms with Gasteiger partial charge in [-0.1, -0.05) is 26.0 Å². The molecule has 2 bridgehead atoms. The van der Waals surface area contributed by atoms with Crippen LogP contribution < -0.4 is 10.1 Å². The highest BCUT2D eigenvalue weighted by Crippen LogP contribution is 2.59. The van der Waals surface area contributed by atoms with Crippen molar-refractivity contribution in [3.8, 4) is 5.75 Å². The van der Waals surface area contributed by atoms with Crippen molar-refractivity contribution in [2.45, 2.75) is 163 Å². The molecule has 54 heavy (non-hydrogen) atoms. The summed E-state index contributed by atoms with van der Waals surface area (Å²) in [5.41, 5.74) is -1.12. The molecule has 300 valence electrons. The fourth-order valence-corrected chi connectivity index (χ4v) is 7.66. The number of carbonyl (C=O) groups excluding carboxylic acids is 3. The van der Waals surface area contributed by atoms with Crippen molar-refractivity contribution in [1.29, 1.82) is 0 Å². The summed E-state index contributed by atoms with van der Waals surface area (Å²) >= 11 is 7.22. The molecule has 3 heterocycles. The van der Waals surface area contributed by atoms with E-state index in [1.165, 1.54) is 0 Å². The molecule has 12 nitrogen and oxygen atoms in total. The minimum atomic E-state index is -0.988. The number of hydrogen-bond acceptors (Lipinski definition) is 10. The lowest BCUT2D eigenvalue weighted by molar-refractivity contribution is -0.127. The summed E-state index contributed by atoms with van der Waals surface area (Å²) in [5, 5.41) is 6.46. The molecule has 1 saturated carbocycles. The highest BCUT2D eigenvalue weighted by Gasteiger charge is 2.57. The third-order valence-corrected chi connectivity index (χ3v) is 10.1. The predicted octanol–water partition coefficient (Wildman–Crippen LogP) is 8.67. The van der Waals surface area contributed by atoms with E-state index in [4.69, 9.17) is 39.9 Å². The molecular formula is C40H61BClN3O9. The van der Waals surface area contributed by atoms with Gasteiger partial charge in [0.1, 0.15) is 22.4 Å². The average molecular weight is 774 g/mol. The first kappa shape index (κ1) is 43.4. The van der Waals surface area contributed by atoms with Crippen LogP contribution in [0.4, 0.5) is 9.59 Å². The van der Waals surface area contributed by atoms with Crippen LogP contribution in [0.1, 0.15) is 137 Å². The number of amides is 1. The molecule has 1 N–H and O–H groups in total. The maximum atomic E-state index is 14.1. The number of ether oxygens (including phenoxy) is 4. The summed E-state index contributed by atoms with van der Waals surface area (Å²) in [6.45, 7) is 26.9. The Morgan fingerprint density at radius 2 is 1.57 bits per heavy atom. The summed E-state index contributed by atoms with van der Waals surface area (Å²) in [6, 6.07) is 3.55. The summed E-state index contributed by atoms with van der Waals surface area (Å²) in [7, 11) is -0.789. The van der Waals surface area contributed by atoms with E-state index in [1.54, 1.807) is 91.5 Å². The zero-order valence-corrected chi connectivity index (χ0v) is 35.4. The number of carbonyl (C=O) groups is 3. The van der Waals surface area contributed by atoms with Crippen molar-refractivity contribution in [2.75, 3.05) is 0 Å². The third kappa shape index (κ3) is 11.6. The molecule has 1 aliphatic carbocycles. The molecule has 3 fully saturated rings. The smallest absolute Gasteiger partial charge is 0.456 e. The molecule has 3 aliphatic rings. The van der Waals surface area contributed by atoms with Gasteiger partial charge in [-0.3, -0.25) is 4.68 Å². The Morgan fingerprint density at radius 1 is 0.963 bits per heavy atom. The zero-order valence-electron chi connectivity index (χ0n) is 34.7. The van der Waals surface area contributed by atoms with Gasteiger partial charge in [0.25, 0.3) is 0 Å². The molecule has 1 aromatic carbocycles. The van der Waals surface area contributed by atoms with Crippen LogP contribution in [-0.2, 0) is 43.0 Å². The molecule has 14 heteroatoms. The second kappa shape index (κ2) is 16.1. The molecule has 2 aromatic rings. The lowest BCUT2D eigenvalue weighted by Crippen LogP contribution is -2.56. The van der Waals surface area contributed by atoms with E-state index in [0.717, 1.165) is 12.8 Å². The maximum Gasteiger partial charge on any atom is 0.514 e. The van der Waals surface area contributed by atoms with E-state index in [9.17, 15) is 14.4 Å². The molecular weight excluding hydrogens is 713 g/mol. The molecule has 5 rings (SSSR count). The van der Waals surface area contributed by atoms with Crippen molar-refractivity contribution < 1.29 is 42.6 Å². The number of alkyl halides is 1. The highest BCUT2D eigenvalue weighted by atomic mass is 35.5. The number of benzene rings is 1. The fraction of sp³-hybridized carbons (Fsp3) is 0.700. The van der Waals surface area contributed by atoms with Gasteiger partial charge in [-0.2, -0.15) is 5.10 Å². The van der Waals surface area contributed by atoms with Gasteiger partial charge in [0.2, 0.25) is 0 Å². The normalized spacial score (nSPS) is 21.8. The third-order valence-electron chi connectivity index (χ3n) is 9.78. The first-order valence-electron chi connectivity index (χ1n) is 18.9. The monoisotopic (exact) mass is 773 g/mol. The van der Waals surface area contributed by atoms with E-state index in [2.05, 4.69) is 38.1 Å². The fourth-order valence-electron chi connectivity index (χ4n) is 7.39. The standard InChI is InChI=1S/C40H61BClN3O9/c1-24-17-28-19-29(39(28,11)12)40(13,14)54-41(53-24)30(42)18-26-15-16-27(23-45-22-25(21-44-45)20-43-34(47)51-37(5,6)7)31(33(46)50-36(2,3)4)32(26)49-35(48)52-38(8,9)10/h15-16,21-22,24,28-30H,17-20,23H2,1-14H3,(H,43,47)/t24?,28-,29+,30+/m0/s1. The number of fused-ring (bicyclic) bond motifs is 5. The summed E-state index contributed by atoms with van der Waals surface area (Å²) in [4.78, 5) is 39.7. The second-order valence-electron chi connectivity index (χ2n) is 18.9. The Morgan fingerprint density at radius 3 is 2.17 bits per heavy atom. The van der Waals surface area contributed by atoms with Crippen molar-refractivity contribution in [3.05, 3.63) is 46.8 Å². The Labute approximate surface area is 326 Å². The molecule has 4 atom stereocenters. The minimum absolute atomic E-state index is 0.0283. The summed E-state index contributed by atoms with van der Waals surface area (Å²) in [6.07, 6.45) is 3.78. The van der Waals surface area contributed by atoms with E-state index >= 15 is 0 Å². The SMILES string of the molecule is CC1C[C@H]2C[C@@H](C(C)(C)OB([C@H](Cl)Cc3ccc(Cn4cc(CNC(=O)OC(C)(C)C)cn4)c(C(=O)OC(C)(C)C)c3OC(=O)OC(C)(C)C)O1)C2(C)C. The Bertz CT molecular complexity index is 1670. The van der Waals surface area contributed by atoms with Gasteiger partial charge >= 0.3 is 25.3 Å². The van der Waals surface area contributed by atoms with Crippen molar-refractivity contribution in [2.24, 2.45) is 17.3 Å². The van der Waals surface area contributed by atoms with E-state index in [0.29, 0.717) is 28.5 Å². The summed E-state index contributed by atoms with van der Waals surface area (Å²) < 4.78 is 37.6. The molecule has 1 unspecified atom stereocenters. The lowest BCUT2D eigenvalue weighted by atomic mass is 9.49. The first-order valence-corrected chi connectivity index (χ1v) is 19.3. The van der Waals surface area contributed by atoms with E-state index in [1.807, 2.05) is 6.92 Å². The number of hydrogen-bond donors (Lipinski definition) is 1.